The molecule has 23 nitrogen and oxygen atoms in total. The zero-order chi connectivity index (χ0) is 99.7. The molecule has 0 unspecified atom stereocenters. The van der Waals surface area contributed by atoms with Gasteiger partial charge in [0, 0.05) is 171 Å². The van der Waals surface area contributed by atoms with E-state index in [-0.39, 0.29) is 42.4 Å². The number of anilines is 1. The molecule has 0 amide bonds. The monoisotopic (exact) mass is 2060 g/mol. The number of halogens is 2. The van der Waals surface area contributed by atoms with Crippen LogP contribution in [-0.4, -0.2) is 98.5 Å². The highest BCUT2D eigenvalue weighted by Gasteiger charge is 2.25. The van der Waals surface area contributed by atoms with Gasteiger partial charge in [-0.3, -0.25) is 14.6 Å². The van der Waals surface area contributed by atoms with Gasteiger partial charge >= 0.3 is 17.9 Å². The number of ether oxygens (including phenoxy) is 5. The summed E-state index contributed by atoms with van der Waals surface area (Å²) in [7, 11) is 4.81. The Hall–Kier alpha value is -14.7. The van der Waals surface area contributed by atoms with E-state index in [1.807, 2.05) is 48.3 Å². The number of pyridine rings is 10. The summed E-state index contributed by atoms with van der Waals surface area (Å²) in [6.07, 6.45) is 18.6. The SMILES string of the molecule is CC(=O)OS(=O)(=O)[O-].CC(=O)OS(=O)(=O)[O-].COC(=O)c1ccc(-c2cc3c(cc[n+]4c(C)c5cc(C)c(C)cc5cc34)cc2OC)cc1.COc1cc2cc[n+]3c(C)c4cc(C)c(C)cc4cc3c2cc1-c1cc[n+](C)cc1.COc1cc2cc[n+]3c(C)c4cc(C)c(C)cc4cc3c2cc1-c1cccc(N(C)C)c1.COc1cc2cc[n+]3cc4cc(C)c(C)cc4cc3c2cc1-c1ccncc1.[Cl-].[I-]. The molecule has 20 aromatic rings. The lowest BCUT2D eigenvalue weighted by molar-refractivity contribution is -0.671. The minimum absolute atomic E-state index is 0. The molecule has 0 aliphatic carbocycles. The van der Waals surface area contributed by atoms with Gasteiger partial charge in [0.1, 0.15) is 30.0 Å². The van der Waals surface area contributed by atoms with Crippen LogP contribution in [-0.2, 0) is 50.5 Å². The molecule has 720 valence electrons. The van der Waals surface area contributed by atoms with E-state index < -0.39 is 32.7 Å². The van der Waals surface area contributed by atoms with Crippen molar-refractivity contribution < 1.29 is 131 Å². The number of hydrogen-bond donors (Lipinski definition) is 0. The average molecular weight is 2060 g/mol. The number of esters is 1. The minimum Gasteiger partial charge on any atom is -1.00 e. The lowest BCUT2D eigenvalue weighted by Crippen LogP contribution is -3.00. The third-order valence-electron chi connectivity index (χ3n) is 25.7. The summed E-state index contributed by atoms with van der Waals surface area (Å²) in [6.45, 7) is 25.6. The maximum absolute atomic E-state index is 11.8. The highest BCUT2D eigenvalue weighted by atomic mass is 127. The van der Waals surface area contributed by atoms with Crippen molar-refractivity contribution in [3.8, 4) is 67.5 Å². The summed E-state index contributed by atoms with van der Waals surface area (Å²) in [4.78, 5) is 37.4. The molecular formula is C114H108ClIN7O16S2+. The number of hydrogen-bond acceptors (Lipinski definition) is 18. The number of carbonyl (C=O) groups is 3. The molecule has 0 fully saturated rings. The van der Waals surface area contributed by atoms with Crippen molar-refractivity contribution in [1.82, 2.24) is 4.98 Å². The van der Waals surface area contributed by atoms with Crippen molar-refractivity contribution in [2.45, 2.75) is 90.0 Å². The summed E-state index contributed by atoms with van der Waals surface area (Å²) in [6, 6.07) is 78.0. The number of carbonyl (C=O) groups excluding carboxylic acids is 3. The summed E-state index contributed by atoms with van der Waals surface area (Å²) in [5.74, 6) is 0.852. The Morgan fingerprint density at radius 3 is 1.01 bits per heavy atom. The fraction of sp³-hybridized carbons (Fsp3) is 0.184. The van der Waals surface area contributed by atoms with Crippen LogP contribution >= 0.6 is 0 Å². The van der Waals surface area contributed by atoms with Crippen LogP contribution in [0.25, 0.3) is 153 Å². The van der Waals surface area contributed by atoms with Gasteiger partial charge in [-0.15, -0.1) is 0 Å². The first-order valence-corrected chi connectivity index (χ1v) is 47.5. The fourth-order valence-corrected chi connectivity index (χ4v) is 18.4. The molecule has 0 aliphatic heterocycles. The predicted molar refractivity (Wildman–Crippen MR) is 546 cm³/mol. The second kappa shape index (κ2) is 43.0. The highest BCUT2D eigenvalue weighted by molar-refractivity contribution is 7.81. The van der Waals surface area contributed by atoms with Crippen molar-refractivity contribution in [2.24, 2.45) is 7.05 Å². The number of aryl methyl sites for hydroxylation is 12. The Kier molecular flexibility index (Phi) is 31.6. The first-order valence-electron chi connectivity index (χ1n) is 44.8. The van der Waals surface area contributed by atoms with Gasteiger partial charge in [-0.25, -0.2) is 26.2 Å². The van der Waals surface area contributed by atoms with Gasteiger partial charge in [0.25, 0.3) is 20.8 Å². The number of nitrogens with zero attached hydrogens (tertiary/aromatic N) is 7. The topological polar surface area (TPSA) is 267 Å². The van der Waals surface area contributed by atoms with E-state index in [2.05, 4.69) is 351 Å². The first kappa shape index (κ1) is 104. The molecule has 0 radical (unpaired) electrons. The zero-order valence-corrected chi connectivity index (χ0v) is 86.8. The Morgan fingerprint density at radius 2 is 0.667 bits per heavy atom. The molecule has 10 aromatic carbocycles. The number of methoxy groups -OCH3 is 5. The predicted octanol–water partition coefficient (Wildman–Crippen LogP) is 15.1. The summed E-state index contributed by atoms with van der Waals surface area (Å²) < 4.78 is 102. The van der Waals surface area contributed by atoms with Crippen LogP contribution in [0.5, 0.6) is 23.0 Å². The van der Waals surface area contributed by atoms with Crippen molar-refractivity contribution >= 4 is 153 Å². The smallest absolute Gasteiger partial charge is 0.337 e. The van der Waals surface area contributed by atoms with Crippen LogP contribution in [0.1, 0.15) is 85.8 Å². The molecule has 141 heavy (non-hydrogen) atoms. The molecular weight excluding hydrogens is 1950 g/mol. The summed E-state index contributed by atoms with van der Waals surface area (Å²) >= 11 is 0. The minimum atomic E-state index is -4.82. The quantitative estimate of drug-likeness (QED) is 0.0209. The largest absolute Gasteiger partial charge is 1.00 e. The Bertz CT molecular complexity index is 8590. The van der Waals surface area contributed by atoms with Gasteiger partial charge < -0.3 is 82.4 Å². The van der Waals surface area contributed by atoms with E-state index in [0.29, 0.717) is 5.56 Å². The second-order valence-electron chi connectivity index (χ2n) is 34.9. The van der Waals surface area contributed by atoms with E-state index in [4.69, 9.17) is 23.7 Å². The summed E-state index contributed by atoms with van der Waals surface area (Å²) in [5, 5.41) is 19.6. The number of benzene rings is 10. The van der Waals surface area contributed by atoms with Gasteiger partial charge in [-0.1, -0.05) is 48.5 Å². The molecule has 0 N–H and O–H groups in total. The van der Waals surface area contributed by atoms with Crippen LogP contribution in [0.4, 0.5) is 5.69 Å². The first-order chi connectivity index (χ1) is 66.2. The van der Waals surface area contributed by atoms with Crippen molar-refractivity contribution in [2.75, 3.05) is 54.5 Å². The van der Waals surface area contributed by atoms with Crippen molar-refractivity contribution in [1.29, 1.82) is 0 Å². The van der Waals surface area contributed by atoms with Crippen LogP contribution in [0.2, 0.25) is 0 Å². The van der Waals surface area contributed by atoms with Crippen molar-refractivity contribution in [3.05, 3.63) is 341 Å². The molecule has 0 atom stereocenters. The highest BCUT2D eigenvalue weighted by Crippen LogP contribution is 2.42. The zero-order valence-electron chi connectivity index (χ0n) is 82.2. The average Bonchev–Trinajstić information content (AvgIpc) is 0.666. The van der Waals surface area contributed by atoms with Gasteiger partial charge in [0.05, 0.1) is 62.7 Å². The van der Waals surface area contributed by atoms with Crippen LogP contribution in [0.3, 0.4) is 0 Å². The van der Waals surface area contributed by atoms with E-state index in [9.17, 15) is 40.3 Å². The van der Waals surface area contributed by atoms with Gasteiger partial charge in [0.2, 0.25) is 22.1 Å². The Labute approximate surface area is 842 Å². The van der Waals surface area contributed by atoms with Crippen molar-refractivity contribution in [3.63, 3.8) is 0 Å². The standard InChI is InChI=1S/C29H29N2O.C29H26NO3.C27H26N2O.C25H21N2O.2C2H4O5S.ClH.HI/c1-18-12-23-15-28-26-17-27(21-8-7-9-24(14-21)30(4)5)29(32-6)16-22(26)10-11-31(28)20(3)25(23)13-19(18)2;1-17-12-23-14-27-25-16-26(20-6-8-21(9-7-20)29(31)33-5)28(32-4)15-22(25)10-11-30(27)19(3)24(23)13-18(17)2;1-17-12-22-14-26-24-16-25(20-6-9-28(4)10-7-20)27(30-5)15-21(24)8-11-29(26)19(3)23(22)13-18(17)2;1-16-10-20-12-24-22-14-23(18-4-7-26-8-5-18)25(28-3)13-19(22)6-9-27(24)15-21(20)11-17(16)2;2*1-2(3)7-8(4,5)6;;/h7-17H,1-6H3;6-16H,1-5H3;6-16H,1-5H3;4-15H,1-3H3;2*1H3,(H,4,5,6);2*1H/q2*+1;+2;+1;;;;/p-4. The van der Waals surface area contributed by atoms with Gasteiger partial charge in [-0.05, 0) is 274 Å². The Balaban J connectivity index is 0.000000149. The maximum atomic E-state index is 11.8. The number of fused-ring (bicyclic) bond motifs is 16. The van der Waals surface area contributed by atoms with Crippen LogP contribution < -0.4 is 82.4 Å². The molecule has 0 saturated carbocycles. The van der Waals surface area contributed by atoms with Crippen LogP contribution in [0, 0.1) is 76.2 Å². The van der Waals surface area contributed by atoms with E-state index in [0.717, 1.165) is 103 Å². The Morgan fingerprint density at radius 1 is 0.340 bits per heavy atom. The molecule has 0 spiro atoms. The third kappa shape index (κ3) is 22.5. The number of aromatic nitrogens is 6. The number of rotatable bonds is 12. The second-order valence-corrected chi connectivity index (χ2v) is 36.9. The molecule has 0 bridgehead atoms. The van der Waals surface area contributed by atoms with E-state index in [1.165, 1.54) is 161 Å². The lowest BCUT2D eigenvalue weighted by Gasteiger charge is -2.16. The fourth-order valence-electron chi connectivity index (χ4n) is 17.9. The van der Waals surface area contributed by atoms with Gasteiger partial charge in [-0.2, -0.15) is 17.6 Å². The normalized spacial score (nSPS) is 11.2. The van der Waals surface area contributed by atoms with Crippen LogP contribution in [0.15, 0.2) is 274 Å². The molecule has 0 aliphatic rings. The van der Waals surface area contributed by atoms with E-state index >= 15 is 0 Å². The molecule has 0 saturated heterocycles. The maximum Gasteiger partial charge on any atom is 0.337 e. The van der Waals surface area contributed by atoms with Gasteiger partial charge in [0.15, 0.2) is 60.5 Å². The molecule has 10 aromatic heterocycles. The lowest BCUT2D eigenvalue weighted by atomic mass is 9.97. The van der Waals surface area contributed by atoms with E-state index in [1.54, 1.807) is 40.6 Å². The molecule has 10 heterocycles. The summed E-state index contributed by atoms with van der Waals surface area (Å²) in [5.41, 5.74) is 29.4. The third-order valence-corrected chi connectivity index (χ3v) is 26.6. The molecule has 27 heteroatoms. The molecule has 20 rings (SSSR count).